The molecule has 3 heteroatoms. The van der Waals surface area contributed by atoms with Gasteiger partial charge in [0.05, 0.1) is 12.2 Å². The van der Waals surface area contributed by atoms with Crippen LogP contribution in [0.4, 0.5) is 0 Å². The topological polar surface area (TPSA) is 18.5 Å². The summed E-state index contributed by atoms with van der Waals surface area (Å²) in [5.41, 5.74) is 1.15. The minimum atomic E-state index is -0.169. The van der Waals surface area contributed by atoms with E-state index in [4.69, 9.17) is 9.31 Å². The Hall–Kier alpha value is -0.535. The molecule has 0 aromatic heterocycles. The predicted octanol–water partition coefficient (Wildman–Crippen LogP) is 3.14. The van der Waals surface area contributed by atoms with Crippen LogP contribution < -0.4 is 0 Å². The van der Waals surface area contributed by atoms with Crippen molar-refractivity contribution in [3.63, 3.8) is 0 Å². The SMILES string of the molecule is CCC=C(/C=C\CC)B1OC(C)C(C)O1. The van der Waals surface area contributed by atoms with Gasteiger partial charge in [0, 0.05) is 0 Å². The third kappa shape index (κ3) is 3.51. The number of rotatable bonds is 4. The Morgan fingerprint density at radius 3 is 2.20 bits per heavy atom. The second-order valence-corrected chi connectivity index (χ2v) is 3.94. The molecule has 0 aromatic rings. The van der Waals surface area contributed by atoms with E-state index in [0.29, 0.717) is 0 Å². The summed E-state index contributed by atoms with van der Waals surface area (Å²) in [6.45, 7) is 8.36. The van der Waals surface area contributed by atoms with Crippen molar-refractivity contribution >= 4 is 7.12 Å². The second kappa shape index (κ2) is 6.14. The van der Waals surface area contributed by atoms with Gasteiger partial charge >= 0.3 is 7.12 Å². The van der Waals surface area contributed by atoms with Crippen molar-refractivity contribution in [3.05, 3.63) is 23.7 Å². The molecule has 0 N–H and O–H groups in total. The average molecular weight is 208 g/mol. The van der Waals surface area contributed by atoms with Crippen LogP contribution in [0.15, 0.2) is 23.7 Å². The maximum Gasteiger partial charge on any atom is 0.494 e. The summed E-state index contributed by atoms with van der Waals surface area (Å²) in [5, 5.41) is 0. The van der Waals surface area contributed by atoms with Gasteiger partial charge in [0.1, 0.15) is 0 Å². The zero-order valence-corrected chi connectivity index (χ0v) is 10.2. The van der Waals surface area contributed by atoms with E-state index < -0.39 is 0 Å². The van der Waals surface area contributed by atoms with Gasteiger partial charge in [0.25, 0.3) is 0 Å². The lowest BCUT2D eigenvalue weighted by Gasteiger charge is -2.05. The molecule has 2 unspecified atom stereocenters. The van der Waals surface area contributed by atoms with Crippen LogP contribution >= 0.6 is 0 Å². The van der Waals surface area contributed by atoms with Gasteiger partial charge in [-0.2, -0.15) is 0 Å². The predicted molar refractivity (Wildman–Crippen MR) is 64.7 cm³/mol. The van der Waals surface area contributed by atoms with E-state index in [1.807, 2.05) is 0 Å². The fourth-order valence-corrected chi connectivity index (χ4v) is 1.53. The van der Waals surface area contributed by atoms with E-state index >= 15 is 0 Å². The number of allylic oxidation sites excluding steroid dienone is 4. The molecule has 1 heterocycles. The maximum absolute atomic E-state index is 5.74. The van der Waals surface area contributed by atoms with Gasteiger partial charge in [-0.05, 0) is 32.2 Å². The molecule has 0 aromatic carbocycles. The highest BCUT2D eigenvalue weighted by molar-refractivity contribution is 6.55. The van der Waals surface area contributed by atoms with Crippen molar-refractivity contribution in [1.29, 1.82) is 0 Å². The number of hydrogen-bond donors (Lipinski definition) is 0. The van der Waals surface area contributed by atoms with E-state index in [0.717, 1.165) is 18.3 Å². The lowest BCUT2D eigenvalue weighted by atomic mass is 9.77. The quantitative estimate of drug-likeness (QED) is 0.521. The first kappa shape index (κ1) is 12.5. The number of hydrogen-bond acceptors (Lipinski definition) is 2. The van der Waals surface area contributed by atoms with Crippen LogP contribution in [-0.4, -0.2) is 19.3 Å². The van der Waals surface area contributed by atoms with E-state index in [1.54, 1.807) is 0 Å². The molecular weight excluding hydrogens is 187 g/mol. The Morgan fingerprint density at radius 2 is 1.73 bits per heavy atom. The summed E-state index contributed by atoms with van der Waals surface area (Å²) < 4.78 is 11.5. The standard InChI is InChI=1S/C12H21BO2/c1-5-7-9-12(8-6-2)13-14-10(3)11(4)15-13/h7-11H,5-6H2,1-4H3/b9-7-,12-8?. The van der Waals surface area contributed by atoms with Gasteiger partial charge in [-0.3, -0.25) is 0 Å². The minimum absolute atomic E-state index is 0.169. The molecular formula is C12H21BO2. The van der Waals surface area contributed by atoms with E-state index in [-0.39, 0.29) is 19.3 Å². The van der Waals surface area contributed by atoms with Gasteiger partial charge < -0.3 is 9.31 Å². The maximum atomic E-state index is 5.74. The summed E-state index contributed by atoms with van der Waals surface area (Å²) in [4.78, 5) is 0. The van der Waals surface area contributed by atoms with E-state index in [1.165, 1.54) is 0 Å². The Bertz CT molecular complexity index is 238. The highest BCUT2D eigenvalue weighted by Gasteiger charge is 2.36. The van der Waals surface area contributed by atoms with Crippen LogP contribution in [0.25, 0.3) is 0 Å². The van der Waals surface area contributed by atoms with Crippen molar-refractivity contribution in [3.8, 4) is 0 Å². The lowest BCUT2D eigenvalue weighted by Crippen LogP contribution is -2.18. The van der Waals surface area contributed by atoms with Crippen molar-refractivity contribution in [2.45, 2.75) is 52.7 Å². The molecule has 2 nitrogen and oxygen atoms in total. The van der Waals surface area contributed by atoms with Gasteiger partial charge in [-0.25, -0.2) is 0 Å². The molecule has 1 fully saturated rings. The Kier molecular flexibility index (Phi) is 5.13. The normalized spacial score (nSPS) is 28.0. The fraction of sp³-hybridized carbons (Fsp3) is 0.667. The zero-order chi connectivity index (χ0) is 11.3. The summed E-state index contributed by atoms with van der Waals surface area (Å²) in [6.07, 6.45) is 8.84. The van der Waals surface area contributed by atoms with Crippen molar-refractivity contribution in [2.24, 2.45) is 0 Å². The highest BCUT2D eigenvalue weighted by atomic mass is 16.7. The lowest BCUT2D eigenvalue weighted by molar-refractivity contribution is 0.187. The summed E-state index contributed by atoms with van der Waals surface area (Å²) in [6, 6.07) is 0. The first-order valence-electron chi connectivity index (χ1n) is 5.86. The summed E-state index contributed by atoms with van der Waals surface area (Å²) >= 11 is 0. The van der Waals surface area contributed by atoms with Crippen molar-refractivity contribution < 1.29 is 9.31 Å². The van der Waals surface area contributed by atoms with E-state index in [9.17, 15) is 0 Å². The average Bonchev–Trinajstić information content (AvgIpc) is 2.54. The van der Waals surface area contributed by atoms with Crippen molar-refractivity contribution in [1.82, 2.24) is 0 Å². The molecule has 15 heavy (non-hydrogen) atoms. The molecule has 0 amide bonds. The van der Waals surface area contributed by atoms with Crippen LogP contribution in [0.5, 0.6) is 0 Å². The highest BCUT2D eigenvalue weighted by Crippen LogP contribution is 2.21. The Labute approximate surface area is 93.5 Å². The van der Waals surface area contributed by atoms with Crippen LogP contribution in [0.1, 0.15) is 40.5 Å². The molecule has 0 saturated carbocycles. The van der Waals surface area contributed by atoms with Crippen LogP contribution in [0.3, 0.4) is 0 Å². The van der Waals surface area contributed by atoms with Crippen LogP contribution in [0.2, 0.25) is 0 Å². The molecule has 1 saturated heterocycles. The molecule has 2 atom stereocenters. The van der Waals surface area contributed by atoms with Crippen LogP contribution in [0, 0.1) is 0 Å². The first-order valence-corrected chi connectivity index (χ1v) is 5.86. The van der Waals surface area contributed by atoms with Crippen LogP contribution in [-0.2, 0) is 9.31 Å². The molecule has 84 valence electrons. The van der Waals surface area contributed by atoms with Gasteiger partial charge in [0.2, 0.25) is 0 Å². The van der Waals surface area contributed by atoms with Gasteiger partial charge in [-0.15, -0.1) is 0 Å². The fourth-order valence-electron chi connectivity index (χ4n) is 1.53. The zero-order valence-electron chi connectivity index (χ0n) is 10.2. The largest absolute Gasteiger partial charge is 0.494 e. The second-order valence-electron chi connectivity index (χ2n) is 3.94. The third-order valence-corrected chi connectivity index (χ3v) is 2.60. The smallest absolute Gasteiger partial charge is 0.402 e. The molecule has 1 aliphatic heterocycles. The van der Waals surface area contributed by atoms with Gasteiger partial charge in [0.15, 0.2) is 0 Å². The Morgan fingerprint density at radius 1 is 1.13 bits per heavy atom. The minimum Gasteiger partial charge on any atom is -0.402 e. The van der Waals surface area contributed by atoms with E-state index in [2.05, 4.69) is 45.9 Å². The van der Waals surface area contributed by atoms with Gasteiger partial charge in [-0.1, -0.05) is 32.1 Å². The summed E-state index contributed by atoms with van der Waals surface area (Å²) in [5.74, 6) is 0. The summed E-state index contributed by atoms with van der Waals surface area (Å²) in [7, 11) is -0.169. The third-order valence-electron chi connectivity index (χ3n) is 2.60. The molecule has 1 aliphatic rings. The monoisotopic (exact) mass is 208 g/mol. The molecule has 0 spiro atoms. The molecule has 0 radical (unpaired) electrons. The molecule has 1 rings (SSSR count). The van der Waals surface area contributed by atoms with Crippen molar-refractivity contribution in [2.75, 3.05) is 0 Å². The molecule has 0 bridgehead atoms. The Balaban J connectivity index is 2.66. The first-order chi connectivity index (χ1) is 7.19. The molecule has 0 aliphatic carbocycles.